The Labute approximate surface area is 131 Å². The van der Waals surface area contributed by atoms with Crippen LogP contribution in [-0.4, -0.2) is 36.7 Å². The number of carbonyl (C=O) groups is 1. The maximum absolute atomic E-state index is 11.8. The van der Waals surface area contributed by atoms with Crippen LogP contribution in [0, 0.1) is 6.92 Å². The Morgan fingerprint density at radius 1 is 1.38 bits per heavy atom. The van der Waals surface area contributed by atoms with E-state index in [0.717, 1.165) is 44.8 Å². The molecule has 0 saturated carbocycles. The first kappa shape index (κ1) is 16.4. The highest BCUT2D eigenvalue weighted by Gasteiger charge is 2.13. The zero-order valence-electron chi connectivity index (χ0n) is 12.8. The van der Waals surface area contributed by atoms with Crippen LogP contribution in [0.2, 0.25) is 0 Å². The van der Waals surface area contributed by atoms with Gasteiger partial charge in [-0.25, -0.2) is 0 Å². The lowest BCUT2D eigenvalue weighted by Crippen LogP contribution is -2.27. The molecule has 1 fully saturated rings. The zero-order valence-corrected chi connectivity index (χ0v) is 13.6. The monoisotopic (exact) mass is 307 g/mol. The molecular weight excluding hydrogens is 282 g/mol. The van der Waals surface area contributed by atoms with E-state index in [4.69, 9.17) is 4.74 Å². The normalized spacial score (nSPS) is 15.9. The van der Waals surface area contributed by atoms with E-state index in [9.17, 15) is 4.79 Å². The number of rotatable bonds is 7. The Morgan fingerprint density at radius 3 is 2.95 bits per heavy atom. The summed E-state index contributed by atoms with van der Waals surface area (Å²) in [7, 11) is 0. The number of benzene rings is 1. The van der Waals surface area contributed by atoms with Crippen LogP contribution in [-0.2, 0) is 16.0 Å². The van der Waals surface area contributed by atoms with Gasteiger partial charge in [-0.15, -0.1) is 0 Å². The minimum absolute atomic E-state index is 0.157. The van der Waals surface area contributed by atoms with E-state index in [1.54, 1.807) is 0 Å². The van der Waals surface area contributed by atoms with E-state index in [1.165, 1.54) is 11.1 Å². The van der Waals surface area contributed by atoms with E-state index in [0.29, 0.717) is 11.7 Å². The zero-order chi connectivity index (χ0) is 14.9. The summed E-state index contributed by atoms with van der Waals surface area (Å²) in [5, 5.41) is 3.73. The number of hydrogen-bond donors (Lipinski definition) is 1. The van der Waals surface area contributed by atoms with Crippen LogP contribution < -0.4 is 5.32 Å². The molecule has 3 nitrogen and oxygen atoms in total. The lowest BCUT2D eigenvalue weighted by Gasteiger charge is -2.21. The molecule has 1 saturated heterocycles. The summed E-state index contributed by atoms with van der Waals surface area (Å²) in [6.45, 7) is 4.63. The average molecular weight is 307 g/mol. The van der Waals surface area contributed by atoms with Crippen molar-refractivity contribution in [1.82, 2.24) is 5.32 Å². The molecule has 21 heavy (non-hydrogen) atoms. The van der Waals surface area contributed by atoms with Crippen LogP contribution in [0.5, 0.6) is 0 Å². The highest BCUT2D eigenvalue weighted by atomic mass is 32.2. The molecule has 1 aliphatic heterocycles. The summed E-state index contributed by atoms with van der Waals surface area (Å²) in [5.74, 6) is 1.16. The van der Waals surface area contributed by atoms with Crippen molar-refractivity contribution in [3.8, 4) is 0 Å². The maximum atomic E-state index is 11.8. The molecule has 4 heteroatoms. The van der Waals surface area contributed by atoms with E-state index >= 15 is 0 Å². The lowest BCUT2D eigenvalue weighted by atomic mass is 10.1. The van der Waals surface area contributed by atoms with Gasteiger partial charge in [0.2, 0.25) is 5.91 Å². The maximum Gasteiger partial charge on any atom is 0.220 e. The van der Waals surface area contributed by atoms with Crippen molar-refractivity contribution in [2.75, 3.05) is 25.5 Å². The SMILES string of the molecule is Cc1cccc(CCC(=O)NCCSC2CCOCC2)c1. The molecule has 0 atom stereocenters. The van der Waals surface area contributed by atoms with Gasteiger partial charge in [0.25, 0.3) is 0 Å². The summed E-state index contributed by atoms with van der Waals surface area (Å²) in [6, 6.07) is 8.36. The van der Waals surface area contributed by atoms with E-state index in [1.807, 2.05) is 17.8 Å². The van der Waals surface area contributed by atoms with E-state index in [2.05, 4.69) is 30.4 Å². The predicted octanol–water partition coefficient (Wildman–Crippen LogP) is 2.96. The molecule has 0 unspecified atom stereocenters. The standard InChI is InChI=1S/C17H25NO2S/c1-14-3-2-4-15(13-14)5-6-17(19)18-9-12-21-16-7-10-20-11-8-16/h2-4,13,16H,5-12H2,1H3,(H,18,19). The van der Waals surface area contributed by atoms with Gasteiger partial charge in [-0.1, -0.05) is 29.8 Å². The van der Waals surface area contributed by atoms with E-state index in [-0.39, 0.29) is 5.91 Å². The molecule has 1 amide bonds. The number of carbonyl (C=O) groups excluding carboxylic acids is 1. The van der Waals surface area contributed by atoms with Crippen LogP contribution in [0.4, 0.5) is 0 Å². The average Bonchev–Trinajstić information content (AvgIpc) is 2.51. The van der Waals surface area contributed by atoms with Crippen LogP contribution in [0.1, 0.15) is 30.4 Å². The molecule has 2 rings (SSSR count). The van der Waals surface area contributed by atoms with Crippen molar-refractivity contribution in [2.24, 2.45) is 0 Å². The molecule has 0 aromatic heterocycles. The Kier molecular flexibility index (Phi) is 7.10. The fraction of sp³-hybridized carbons (Fsp3) is 0.588. The van der Waals surface area contributed by atoms with Gasteiger partial charge in [0.15, 0.2) is 0 Å². The van der Waals surface area contributed by atoms with Gasteiger partial charge in [0.05, 0.1) is 0 Å². The molecule has 116 valence electrons. The molecule has 1 N–H and O–H groups in total. The molecule has 1 heterocycles. The van der Waals surface area contributed by atoms with E-state index < -0.39 is 0 Å². The third-order valence-corrected chi connectivity index (χ3v) is 5.05. The lowest BCUT2D eigenvalue weighted by molar-refractivity contribution is -0.120. The summed E-state index contributed by atoms with van der Waals surface area (Å²) >= 11 is 1.96. The smallest absolute Gasteiger partial charge is 0.220 e. The molecule has 1 aromatic carbocycles. The molecule has 0 spiro atoms. The van der Waals surface area contributed by atoms with Crippen molar-refractivity contribution in [2.45, 2.75) is 37.9 Å². The number of nitrogens with one attached hydrogen (secondary N) is 1. The fourth-order valence-corrected chi connectivity index (χ4v) is 3.55. The van der Waals surface area contributed by atoms with Crippen molar-refractivity contribution in [3.63, 3.8) is 0 Å². The topological polar surface area (TPSA) is 38.3 Å². The van der Waals surface area contributed by atoms with Crippen LogP contribution >= 0.6 is 11.8 Å². The minimum Gasteiger partial charge on any atom is -0.381 e. The second-order valence-electron chi connectivity index (χ2n) is 5.52. The van der Waals surface area contributed by atoms with Gasteiger partial charge in [-0.05, 0) is 31.7 Å². The molecular formula is C17H25NO2S. The fourth-order valence-electron chi connectivity index (χ4n) is 2.47. The van der Waals surface area contributed by atoms with Crippen molar-refractivity contribution in [3.05, 3.63) is 35.4 Å². The first-order valence-electron chi connectivity index (χ1n) is 7.75. The van der Waals surface area contributed by atoms with Crippen LogP contribution in [0.3, 0.4) is 0 Å². The quantitative estimate of drug-likeness (QED) is 0.787. The van der Waals surface area contributed by atoms with Gasteiger partial charge < -0.3 is 10.1 Å². The highest BCUT2D eigenvalue weighted by Crippen LogP contribution is 2.21. The van der Waals surface area contributed by atoms with Gasteiger partial charge in [-0.2, -0.15) is 11.8 Å². The summed E-state index contributed by atoms with van der Waals surface area (Å²) in [5.41, 5.74) is 2.49. The highest BCUT2D eigenvalue weighted by molar-refractivity contribution is 7.99. The predicted molar refractivity (Wildman–Crippen MR) is 88.8 cm³/mol. The third kappa shape index (κ3) is 6.53. The van der Waals surface area contributed by atoms with Crippen molar-refractivity contribution in [1.29, 1.82) is 0 Å². The van der Waals surface area contributed by atoms with Crippen molar-refractivity contribution >= 4 is 17.7 Å². The van der Waals surface area contributed by atoms with Crippen LogP contribution in [0.15, 0.2) is 24.3 Å². The summed E-state index contributed by atoms with van der Waals surface area (Å²) in [4.78, 5) is 11.8. The number of hydrogen-bond acceptors (Lipinski definition) is 3. The Balaban J connectivity index is 1.55. The second kappa shape index (κ2) is 9.11. The number of amides is 1. The van der Waals surface area contributed by atoms with Gasteiger partial charge in [0.1, 0.15) is 0 Å². The molecule has 1 aliphatic rings. The molecule has 0 radical (unpaired) electrons. The third-order valence-electron chi connectivity index (χ3n) is 3.67. The second-order valence-corrected chi connectivity index (χ2v) is 6.93. The molecule has 0 bridgehead atoms. The first-order chi connectivity index (χ1) is 10.2. The Morgan fingerprint density at radius 2 is 2.19 bits per heavy atom. The first-order valence-corrected chi connectivity index (χ1v) is 8.80. The molecule has 1 aromatic rings. The Hall–Kier alpha value is -1.00. The van der Waals surface area contributed by atoms with Gasteiger partial charge in [0, 0.05) is 37.2 Å². The van der Waals surface area contributed by atoms with Crippen LogP contribution in [0.25, 0.3) is 0 Å². The van der Waals surface area contributed by atoms with Crippen molar-refractivity contribution < 1.29 is 9.53 Å². The minimum atomic E-state index is 0.157. The number of aryl methyl sites for hydroxylation is 2. The number of ether oxygens (including phenoxy) is 1. The van der Waals surface area contributed by atoms with Gasteiger partial charge >= 0.3 is 0 Å². The Bertz CT molecular complexity index is 444. The molecule has 0 aliphatic carbocycles. The number of thioether (sulfide) groups is 1. The largest absolute Gasteiger partial charge is 0.381 e. The van der Waals surface area contributed by atoms with Gasteiger partial charge in [-0.3, -0.25) is 4.79 Å². The summed E-state index contributed by atoms with van der Waals surface area (Å²) in [6.07, 6.45) is 3.68. The summed E-state index contributed by atoms with van der Waals surface area (Å²) < 4.78 is 5.34.